The van der Waals surface area contributed by atoms with Gasteiger partial charge in [-0.2, -0.15) is 0 Å². The van der Waals surface area contributed by atoms with Crippen LogP contribution in [0.3, 0.4) is 0 Å². The number of amides is 2. The number of hydrogen-bond acceptors (Lipinski definition) is 5. The Morgan fingerprint density at radius 3 is 2.40 bits per heavy atom. The number of nitrogens with one attached hydrogen (secondary N) is 1. The quantitative estimate of drug-likeness (QED) is 0.484. The first-order chi connectivity index (χ1) is 16.4. The number of anilines is 1. The lowest BCUT2D eigenvalue weighted by molar-refractivity contribution is -0.139. The van der Waals surface area contributed by atoms with Crippen LogP contribution in [-0.2, 0) is 26.2 Å². The van der Waals surface area contributed by atoms with Crippen LogP contribution >= 0.6 is 11.6 Å². The Morgan fingerprint density at radius 2 is 1.83 bits per heavy atom. The van der Waals surface area contributed by atoms with Crippen molar-refractivity contribution in [3.63, 3.8) is 0 Å². The van der Waals surface area contributed by atoms with Gasteiger partial charge in [-0.1, -0.05) is 48.4 Å². The topological polar surface area (TPSA) is 96.0 Å². The minimum Gasteiger partial charge on any atom is -0.495 e. The lowest BCUT2D eigenvalue weighted by atomic mass is 10.1. The molecule has 0 unspecified atom stereocenters. The first-order valence-corrected chi connectivity index (χ1v) is 13.6. The van der Waals surface area contributed by atoms with Crippen molar-refractivity contribution in [3.8, 4) is 5.75 Å². The number of rotatable bonds is 11. The van der Waals surface area contributed by atoms with E-state index in [0.717, 1.165) is 28.1 Å². The molecular weight excluding hydrogens is 490 g/mol. The Kier molecular flexibility index (Phi) is 9.97. The summed E-state index contributed by atoms with van der Waals surface area (Å²) >= 11 is 6.12. The van der Waals surface area contributed by atoms with Crippen LogP contribution in [0.4, 0.5) is 5.69 Å². The summed E-state index contributed by atoms with van der Waals surface area (Å²) in [5.41, 5.74) is 1.98. The van der Waals surface area contributed by atoms with E-state index < -0.39 is 28.5 Å². The van der Waals surface area contributed by atoms with Gasteiger partial charge in [0.05, 0.1) is 19.1 Å². The van der Waals surface area contributed by atoms with Crippen molar-refractivity contribution in [2.24, 2.45) is 0 Å². The number of ether oxygens (including phenoxy) is 1. The third-order valence-electron chi connectivity index (χ3n) is 5.69. The predicted molar refractivity (Wildman–Crippen MR) is 139 cm³/mol. The minimum absolute atomic E-state index is 0.0656. The highest BCUT2D eigenvalue weighted by molar-refractivity contribution is 7.92. The van der Waals surface area contributed by atoms with Gasteiger partial charge in [0.2, 0.25) is 21.8 Å². The number of carbonyl (C=O) groups is 2. The van der Waals surface area contributed by atoms with Gasteiger partial charge in [0, 0.05) is 17.6 Å². The van der Waals surface area contributed by atoms with Gasteiger partial charge in [-0.25, -0.2) is 8.42 Å². The van der Waals surface area contributed by atoms with Crippen molar-refractivity contribution >= 4 is 39.1 Å². The monoisotopic (exact) mass is 523 g/mol. The van der Waals surface area contributed by atoms with Crippen LogP contribution < -0.4 is 14.4 Å². The summed E-state index contributed by atoms with van der Waals surface area (Å²) < 4.78 is 31.7. The Morgan fingerprint density at radius 1 is 1.14 bits per heavy atom. The minimum atomic E-state index is -3.90. The van der Waals surface area contributed by atoms with Crippen LogP contribution in [0.15, 0.2) is 42.5 Å². The Balaban J connectivity index is 2.46. The Hall–Kier alpha value is -2.78. The summed E-state index contributed by atoms with van der Waals surface area (Å²) in [7, 11) is -2.49. The second kappa shape index (κ2) is 12.3. The maximum absolute atomic E-state index is 13.6. The number of nitrogens with zero attached hydrogens (tertiary/aromatic N) is 2. The lowest BCUT2D eigenvalue weighted by Gasteiger charge is -2.32. The van der Waals surface area contributed by atoms with Crippen molar-refractivity contribution in [3.05, 3.63) is 58.6 Å². The molecule has 192 valence electrons. The number of benzene rings is 2. The van der Waals surface area contributed by atoms with E-state index in [9.17, 15) is 18.0 Å². The molecular formula is C25H34ClN3O5S. The number of aryl methyl sites for hydroxylation is 1. The van der Waals surface area contributed by atoms with Crippen molar-refractivity contribution in [2.45, 2.75) is 52.7 Å². The highest BCUT2D eigenvalue weighted by Crippen LogP contribution is 2.33. The van der Waals surface area contributed by atoms with E-state index in [1.54, 1.807) is 13.0 Å². The van der Waals surface area contributed by atoms with Crippen LogP contribution in [0.25, 0.3) is 0 Å². The van der Waals surface area contributed by atoms with Crippen molar-refractivity contribution in [2.75, 3.05) is 24.2 Å². The summed E-state index contributed by atoms with van der Waals surface area (Å²) in [6.07, 6.45) is 1.74. The molecule has 1 N–H and O–H groups in total. The second-order valence-electron chi connectivity index (χ2n) is 8.59. The van der Waals surface area contributed by atoms with E-state index in [0.29, 0.717) is 5.02 Å². The molecule has 0 spiro atoms. The predicted octanol–water partition coefficient (Wildman–Crippen LogP) is 3.76. The normalized spacial score (nSPS) is 13.0. The van der Waals surface area contributed by atoms with Gasteiger partial charge in [-0.3, -0.25) is 13.9 Å². The van der Waals surface area contributed by atoms with Gasteiger partial charge in [0.25, 0.3) is 0 Å². The highest BCUT2D eigenvalue weighted by Gasteiger charge is 2.31. The average Bonchev–Trinajstić information content (AvgIpc) is 2.79. The van der Waals surface area contributed by atoms with Crippen LogP contribution in [0.5, 0.6) is 5.75 Å². The zero-order valence-electron chi connectivity index (χ0n) is 21.0. The molecule has 0 saturated heterocycles. The smallest absolute Gasteiger partial charge is 0.244 e. The fourth-order valence-electron chi connectivity index (χ4n) is 3.51. The molecule has 2 atom stereocenters. The summed E-state index contributed by atoms with van der Waals surface area (Å²) in [6.45, 7) is 7.02. The molecule has 8 nitrogen and oxygen atoms in total. The molecule has 2 rings (SSSR count). The van der Waals surface area contributed by atoms with Crippen LogP contribution in [-0.4, -0.2) is 57.1 Å². The fourth-order valence-corrected chi connectivity index (χ4v) is 4.52. The van der Waals surface area contributed by atoms with E-state index in [4.69, 9.17) is 16.3 Å². The summed E-state index contributed by atoms with van der Waals surface area (Å²) in [4.78, 5) is 27.9. The SMILES string of the molecule is CC[C@H](C)NC(=O)[C@H](C)N(Cc1cccc(C)c1)C(=O)CN(c1cc(Cl)ccc1OC)S(C)(=O)=O. The van der Waals surface area contributed by atoms with Crippen molar-refractivity contribution in [1.29, 1.82) is 0 Å². The third kappa shape index (κ3) is 7.86. The molecule has 35 heavy (non-hydrogen) atoms. The van der Waals surface area contributed by atoms with Crippen LogP contribution in [0.2, 0.25) is 5.02 Å². The summed E-state index contributed by atoms with van der Waals surface area (Å²) in [6, 6.07) is 11.2. The molecule has 0 fully saturated rings. The lowest BCUT2D eigenvalue weighted by Crippen LogP contribution is -2.52. The van der Waals surface area contributed by atoms with Crippen molar-refractivity contribution in [1.82, 2.24) is 10.2 Å². The van der Waals surface area contributed by atoms with Gasteiger partial charge < -0.3 is 15.0 Å². The molecule has 2 amide bonds. The maximum Gasteiger partial charge on any atom is 0.244 e. The number of hydrogen-bond donors (Lipinski definition) is 1. The second-order valence-corrected chi connectivity index (χ2v) is 10.9. The van der Waals surface area contributed by atoms with E-state index in [1.807, 2.05) is 45.0 Å². The van der Waals surface area contributed by atoms with E-state index in [1.165, 1.54) is 24.1 Å². The Bertz CT molecular complexity index is 1160. The number of methoxy groups -OCH3 is 1. The van der Waals surface area contributed by atoms with E-state index >= 15 is 0 Å². The Labute approximate surface area is 213 Å². The highest BCUT2D eigenvalue weighted by atomic mass is 35.5. The molecule has 0 bridgehead atoms. The molecule has 0 saturated carbocycles. The summed E-state index contributed by atoms with van der Waals surface area (Å²) in [5.74, 6) is -0.599. The van der Waals surface area contributed by atoms with Gasteiger partial charge >= 0.3 is 0 Å². The molecule has 2 aromatic rings. The van der Waals surface area contributed by atoms with E-state index in [-0.39, 0.29) is 29.9 Å². The van der Waals surface area contributed by atoms with Gasteiger partial charge in [0.1, 0.15) is 18.3 Å². The average molecular weight is 524 g/mol. The third-order valence-corrected chi connectivity index (χ3v) is 7.05. The molecule has 0 aliphatic carbocycles. The molecule has 0 radical (unpaired) electrons. The molecule has 10 heteroatoms. The molecule has 2 aromatic carbocycles. The molecule has 0 aliphatic rings. The maximum atomic E-state index is 13.6. The number of sulfonamides is 1. The van der Waals surface area contributed by atoms with Gasteiger partial charge in [-0.15, -0.1) is 0 Å². The molecule has 0 aromatic heterocycles. The van der Waals surface area contributed by atoms with Gasteiger partial charge in [-0.05, 0) is 51.0 Å². The number of carbonyl (C=O) groups excluding carboxylic acids is 2. The number of halogens is 1. The van der Waals surface area contributed by atoms with Crippen molar-refractivity contribution < 1.29 is 22.7 Å². The molecule has 0 heterocycles. The first-order valence-electron chi connectivity index (χ1n) is 11.3. The summed E-state index contributed by atoms with van der Waals surface area (Å²) in [5, 5.41) is 3.19. The molecule has 0 aliphatic heterocycles. The van der Waals surface area contributed by atoms with Crippen LogP contribution in [0, 0.1) is 6.92 Å². The zero-order chi connectivity index (χ0) is 26.3. The van der Waals surface area contributed by atoms with Crippen LogP contribution in [0.1, 0.15) is 38.3 Å². The van der Waals surface area contributed by atoms with Gasteiger partial charge in [0.15, 0.2) is 0 Å². The standard InChI is InChI=1S/C25H34ClN3O5S/c1-7-18(3)27-25(31)19(4)28(15-20-10-8-9-17(2)13-20)24(30)16-29(35(6,32)33)22-14-21(26)11-12-23(22)34-5/h8-14,18-19H,7,15-16H2,1-6H3,(H,27,31)/t18-,19-/m0/s1. The van der Waals surface area contributed by atoms with E-state index in [2.05, 4.69) is 5.32 Å². The first kappa shape index (κ1) is 28.5. The fraction of sp³-hybridized carbons (Fsp3) is 0.440. The largest absolute Gasteiger partial charge is 0.495 e. The zero-order valence-corrected chi connectivity index (χ0v) is 22.6.